The normalized spacial score (nSPS) is 12.6. The Morgan fingerprint density at radius 1 is 1.18 bits per heavy atom. The molecule has 0 aliphatic rings. The van der Waals surface area contributed by atoms with E-state index in [0.29, 0.717) is 0 Å². The van der Waals surface area contributed by atoms with Crippen LogP contribution in [-0.2, 0) is 6.42 Å². The Morgan fingerprint density at radius 2 is 1.88 bits per heavy atom. The molecule has 1 N–H and O–H groups in total. The summed E-state index contributed by atoms with van der Waals surface area (Å²) in [4.78, 5) is 0. The summed E-state index contributed by atoms with van der Waals surface area (Å²) in [6, 6.07) is 5.92. The van der Waals surface area contributed by atoms with Crippen molar-refractivity contribution in [2.75, 3.05) is 7.11 Å². The van der Waals surface area contributed by atoms with E-state index in [4.69, 9.17) is 9.47 Å². The first kappa shape index (κ1) is 13.8. The first-order valence-corrected chi connectivity index (χ1v) is 6.04. The van der Waals surface area contributed by atoms with Crippen molar-refractivity contribution in [2.45, 2.75) is 45.8 Å². The fourth-order valence-electron chi connectivity index (χ4n) is 1.59. The van der Waals surface area contributed by atoms with Gasteiger partial charge < -0.3 is 14.6 Å². The number of hydrogen-bond donors (Lipinski definition) is 1. The van der Waals surface area contributed by atoms with Gasteiger partial charge in [-0.15, -0.1) is 0 Å². The second kappa shape index (κ2) is 6.50. The second-order valence-corrected chi connectivity index (χ2v) is 4.54. The minimum absolute atomic E-state index is 0.132. The number of hydrogen-bond acceptors (Lipinski definition) is 3. The number of aliphatic hydroxyl groups excluding tert-OH is 1. The lowest BCUT2D eigenvalue weighted by atomic mass is 10.1. The fraction of sp³-hybridized carbons (Fsp3) is 0.571. The maximum Gasteiger partial charge on any atom is 0.161 e. The summed E-state index contributed by atoms with van der Waals surface area (Å²) in [7, 11) is 1.64. The average Bonchev–Trinajstić information content (AvgIpc) is 2.26. The third-order valence-electron chi connectivity index (χ3n) is 2.44. The summed E-state index contributed by atoms with van der Waals surface area (Å²) >= 11 is 0. The molecule has 1 unspecified atom stereocenters. The molecule has 1 aromatic rings. The SMILES string of the molecule is COc1cc(CCC(C)O)ccc1OC(C)C. The molecule has 0 saturated heterocycles. The van der Waals surface area contributed by atoms with Gasteiger partial charge in [-0.25, -0.2) is 0 Å². The predicted molar refractivity (Wildman–Crippen MR) is 68.8 cm³/mol. The summed E-state index contributed by atoms with van der Waals surface area (Å²) < 4.78 is 10.9. The summed E-state index contributed by atoms with van der Waals surface area (Å²) in [5.74, 6) is 1.52. The monoisotopic (exact) mass is 238 g/mol. The Balaban J connectivity index is 2.77. The van der Waals surface area contributed by atoms with Crippen LogP contribution in [0.4, 0.5) is 0 Å². The molecule has 0 aliphatic carbocycles. The number of aryl methyl sites for hydroxylation is 1. The third kappa shape index (κ3) is 4.65. The van der Waals surface area contributed by atoms with Gasteiger partial charge >= 0.3 is 0 Å². The number of methoxy groups -OCH3 is 1. The van der Waals surface area contributed by atoms with Crippen LogP contribution in [0.2, 0.25) is 0 Å². The molecule has 0 heterocycles. The van der Waals surface area contributed by atoms with E-state index in [2.05, 4.69) is 0 Å². The zero-order chi connectivity index (χ0) is 12.8. The highest BCUT2D eigenvalue weighted by molar-refractivity contribution is 5.43. The highest BCUT2D eigenvalue weighted by Gasteiger charge is 2.08. The van der Waals surface area contributed by atoms with Crippen LogP contribution in [0.25, 0.3) is 0 Å². The van der Waals surface area contributed by atoms with Gasteiger partial charge in [-0.3, -0.25) is 0 Å². The van der Waals surface area contributed by atoms with Gasteiger partial charge in [-0.2, -0.15) is 0 Å². The molecule has 17 heavy (non-hydrogen) atoms. The zero-order valence-corrected chi connectivity index (χ0v) is 11.1. The van der Waals surface area contributed by atoms with Gasteiger partial charge in [0.15, 0.2) is 11.5 Å². The Hall–Kier alpha value is -1.22. The summed E-state index contributed by atoms with van der Waals surface area (Å²) in [6.07, 6.45) is 1.46. The lowest BCUT2D eigenvalue weighted by Gasteiger charge is -2.14. The summed E-state index contributed by atoms with van der Waals surface area (Å²) in [5.41, 5.74) is 1.15. The highest BCUT2D eigenvalue weighted by Crippen LogP contribution is 2.29. The number of aliphatic hydroxyl groups is 1. The van der Waals surface area contributed by atoms with Crippen molar-refractivity contribution in [3.63, 3.8) is 0 Å². The average molecular weight is 238 g/mol. The molecule has 0 amide bonds. The van der Waals surface area contributed by atoms with E-state index in [1.54, 1.807) is 14.0 Å². The molecule has 1 atom stereocenters. The van der Waals surface area contributed by atoms with Gasteiger partial charge in [0, 0.05) is 0 Å². The molecule has 0 saturated carbocycles. The molecule has 0 spiro atoms. The van der Waals surface area contributed by atoms with Crippen LogP contribution in [0.3, 0.4) is 0 Å². The van der Waals surface area contributed by atoms with Crippen LogP contribution < -0.4 is 9.47 Å². The van der Waals surface area contributed by atoms with Crippen LogP contribution >= 0.6 is 0 Å². The Morgan fingerprint density at radius 3 is 2.41 bits per heavy atom. The molecule has 0 fully saturated rings. The molecule has 0 aromatic heterocycles. The van der Waals surface area contributed by atoms with Crippen LogP contribution in [0.1, 0.15) is 32.8 Å². The topological polar surface area (TPSA) is 38.7 Å². The molecule has 1 rings (SSSR count). The van der Waals surface area contributed by atoms with E-state index in [1.165, 1.54) is 0 Å². The van der Waals surface area contributed by atoms with E-state index in [9.17, 15) is 5.11 Å². The minimum Gasteiger partial charge on any atom is -0.493 e. The first-order chi connectivity index (χ1) is 8.02. The van der Waals surface area contributed by atoms with Crippen molar-refractivity contribution in [2.24, 2.45) is 0 Å². The molecular weight excluding hydrogens is 216 g/mol. The lowest BCUT2D eigenvalue weighted by Crippen LogP contribution is -2.07. The van der Waals surface area contributed by atoms with Gasteiger partial charge in [0.05, 0.1) is 19.3 Å². The van der Waals surface area contributed by atoms with Gasteiger partial charge in [0.1, 0.15) is 0 Å². The maximum atomic E-state index is 9.26. The van der Waals surface area contributed by atoms with Crippen molar-refractivity contribution in [1.29, 1.82) is 0 Å². The van der Waals surface area contributed by atoms with E-state index in [-0.39, 0.29) is 12.2 Å². The van der Waals surface area contributed by atoms with Gasteiger partial charge in [0.2, 0.25) is 0 Å². The van der Waals surface area contributed by atoms with Crippen molar-refractivity contribution in [3.8, 4) is 11.5 Å². The van der Waals surface area contributed by atoms with Crippen LogP contribution in [0.15, 0.2) is 18.2 Å². The van der Waals surface area contributed by atoms with Crippen molar-refractivity contribution < 1.29 is 14.6 Å². The van der Waals surface area contributed by atoms with E-state index in [0.717, 1.165) is 29.9 Å². The Labute approximate surface area is 103 Å². The molecule has 0 aliphatic heterocycles. The zero-order valence-electron chi connectivity index (χ0n) is 11.1. The standard InChI is InChI=1S/C14H22O3/c1-10(2)17-13-8-7-12(6-5-11(3)15)9-14(13)16-4/h7-11,15H,5-6H2,1-4H3. The molecule has 0 radical (unpaired) electrons. The molecule has 3 nitrogen and oxygen atoms in total. The third-order valence-corrected chi connectivity index (χ3v) is 2.44. The number of benzene rings is 1. The van der Waals surface area contributed by atoms with E-state index in [1.807, 2.05) is 32.0 Å². The first-order valence-electron chi connectivity index (χ1n) is 6.04. The van der Waals surface area contributed by atoms with Crippen molar-refractivity contribution in [3.05, 3.63) is 23.8 Å². The van der Waals surface area contributed by atoms with Crippen LogP contribution in [0, 0.1) is 0 Å². The lowest BCUT2D eigenvalue weighted by molar-refractivity contribution is 0.185. The highest BCUT2D eigenvalue weighted by atomic mass is 16.5. The summed E-state index contributed by atoms with van der Waals surface area (Å²) in [5, 5.41) is 9.26. The minimum atomic E-state index is -0.271. The fourth-order valence-corrected chi connectivity index (χ4v) is 1.59. The maximum absolute atomic E-state index is 9.26. The van der Waals surface area contributed by atoms with Crippen LogP contribution in [-0.4, -0.2) is 24.4 Å². The predicted octanol–water partition coefficient (Wildman–Crippen LogP) is 2.80. The molecule has 0 bridgehead atoms. The largest absolute Gasteiger partial charge is 0.493 e. The molecule has 1 aromatic carbocycles. The molecule has 96 valence electrons. The van der Waals surface area contributed by atoms with Gasteiger partial charge in [-0.05, 0) is 51.3 Å². The van der Waals surface area contributed by atoms with Crippen LogP contribution in [0.5, 0.6) is 11.5 Å². The Bertz CT molecular complexity index is 345. The van der Waals surface area contributed by atoms with Crippen molar-refractivity contribution >= 4 is 0 Å². The Kier molecular flexibility index (Phi) is 5.29. The van der Waals surface area contributed by atoms with Crippen molar-refractivity contribution in [1.82, 2.24) is 0 Å². The van der Waals surface area contributed by atoms with E-state index < -0.39 is 0 Å². The quantitative estimate of drug-likeness (QED) is 0.828. The number of ether oxygens (including phenoxy) is 2. The number of rotatable bonds is 6. The summed E-state index contributed by atoms with van der Waals surface area (Å²) in [6.45, 7) is 5.77. The smallest absolute Gasteiger partial charge is 0.161 e. The second-order valence-electron chi connectivity index (χ2n) is 4.54. The van der Waals surface area contributed by atoms with Gasteiger partial charge in [0.25, 0.3) is 0 Å². The molecular formula is C14H22O3. The molecule has 3 heteroatoms. The van der Waals surface area contributed by atoms with E-state index >= 15 is 0 Å². The van der Waals surface area contributed by atoms with Gasteiger partial charge in [-0.1, -0.05) is 6.07 Å².